The molecule has 1 heterocycles. The number of quaternary nitrogens is 1. The van der Waals surface area contributed by atoms with Gasteiger partial charge in [-0.2, -0.15) is 0 Å². The van der Waals surface area contributed by atoms with Gasteiger partial charge >= 0.3 is 0 Å². The van der Waals surface area contributed by atoms with Crippen LogP contribution in [0.2, 0.25) is 0 Å². The Kier molecular flexibility index (Phi) is 6.62. The van der Waals surface area contributed by atoms with Crippen LogP contribution in [0.5, 0.6) is 0 Å². The zero-order chi connectivity index (χ0) is 21.8. The summed E-state index contributed by atoms with van der Waals surface area (Å²) < 4.78 is 30.1. The highest BCUT2D eigenvalue weighted by Gasteiger charge is 2.23. The SMILES string of the molecule is C[NH+](Cc1ccccc1[N-]S(=O)(=O)c1ccc(N2CCCC2=O)cc1)C1CCCCC1. The molecule has 0 aromatic heterocycles. The molecule has 166 valence electrons. The zero-order valence-corrected chi connectivity index (χ0v) is 18.9. The van der Waals surface area contributed by atoms with Gasteiger partial charge < -0.3 is 14.5 Å². The molecule has 1 unspecified atom stereocenters. The van der Waals surface area contributed by atoms with E-state index in [1.165, 1.54) is 37.0 Å². The number of amides is 1. The fourth-order valence-electron chi connectivity index (χ4n) is 4.69. The van der Waals surface area contributed by atoms with Gasteiger partial charge in [-0.05, 0) is 61.9 Å². The van der Waals surface area contributed by atoms with E-state index >= 15 is 0 Å². The van der Waals surface area contributed by atoms with Gasteiger partial charge in [-0.1, -0.05) is 30.7 Å². The van der Waals surface area contributed by atoms with Crippen molar-refractivity contribution < 1.29 is 18.1 Å². The van der Waals surface area contributed by atoms with Crippen LogP contribution >= 0.6 is 0 Å². The first-order valence-electron chi connectivity index (χ1n) is 11.2. The third-order valence-corrected chi connectivity index (χ3v) is 7.81. The van der Waals surface area contributed by atoms with Gasteiger partial charge in [0.1, 0.15) is 16.6 Å². The predicted octanol–water partition coefficient (Wildman–Crippen LogP) is 3.55. The van der Waals surface area contributed by atoms with Crippen molar-refractivity contribution in [1.29, 1.82) is 0 Å². The second-order valence-electron chi connectivity index (χ2n) is 8.70. The lowest BCUT2D eigenvalue weighted by Gasteiger charge is -2.31. The molecule has 7 heteroatoms. The lowest BCUT2D eigenvalue weighted by atomic mass is 9.94. The first-order valence-corrected chi connectivity index (χ1v) is 12.7. The first-order chi connectivity index (χ1) is 14.9. The summed E-state index contributed by atoms with van der Waals surface area (Å²) in [7, 11) is -1.64. The van der Waals surface area contributed by atoms with Crippen LogP contribution in [-0.2, 0) is 21.4 Å². The Morgan fingerprint density at radius 1 is 1.00 bits per heavy atom. The van der Waals surface area contributed by atoms with Crippen LogP contribution in [0, 0.1) is 0 Å². The number of hydrogen-bond acceptors (Lipinski definition) is 3. The predicted molar refractivity (Wildman–Crippen MR) is 122 cm³/mol. The van der Waals surface area contributed by atoms with Gasteiger partial charge in [-0.25, -0.2) is 8.42 Å². The van der Waals surface area contributed by atoms with Crippen molar-refractivity contribution in [2.75, 3.05) is 18.5 Å². The van der Waals surface area contributed by atoms with Crippen LogP contribution in [0.3, 0.4) is 0 Å². The molecule has 2 aliphatic rings. The van der Waals surface area contributed by atoms with Crippen molar-refractivity contribution in [3.05, 3.63) is 58.8 Å². The quantitative estimate of drug-likeness (QED) is 0.714. The largest absolute Gasteiger partial charge is 0.572 e. The molecule has 2 fully saturated rings. The summed E-state index contributed by atoms with van der Waals surface area (Å²) in [6, 6.07) is 14.6. The molecule has 1 aliphatic carbocycles. The van der Waals surface area contributed by atoms with Crippen molar-refractivity contribution in [2.45, 2.75) is 62.4 Å². The van der Waals surface area contributed by atoms with Crippen LogP contribution in [0.25, 0.3) is 4.72 Å². The third-order valence-electron chi connectivity index (χ3n) is 6.50. The molecule has 1 amide bonds. The molecule has 1 N–H and O–H groups in total. The minimum atomic E-state index is -3.84. The lowest BCUT2D eigenvalue weighted by Crippen LogP contribution is -3.11. The average Bonchev–Trinajstić information content (AvgIpc) is 3.21. The highest BCUT2D eigenvalue weighted by Crippen LogP contribution is 2.32. The summed E-state index contributed by atoms with van der Waals surface area (Å²) in [6.07, 6.45) is 7.72. The number of hydrogen-bond donors (Lipinski definition) is 1. The summed E-state index contributed by atoms with van der Waals surface area (Å²) >= 11 is 0. The van der Waals surface area contributed by atoms with E-state index in [4.69, 9.17) is 0 Å². The third kappa shape index (κ3) is 5.10. The minimum Gasteiger partial charge on any atom is -0.572 e. The number of benzene rings is 2. The molecule has 0 bridgehead atoms. The molecule has 1 aliphatic heterocycles. The van der Waals surface area contributed by atoms with E-state index in [0.717, 1.165) is 24.2 Å². The average molecular weight is 442 g/mol. The Hall–Kier alpha value is -2.38. The van der Waals surface area contributed by atoms with Crippen LogP contribution in [0.4, 0.5) is 11.4 Å². The summed E-state index contributed by atoms with van der Waals surface area (Å²) in [5.41, 5.74) is 2.20. The molecule has 0 radical (unpaired) electrons. The topological polar surface area (TPSA) is 73.0 Å². The molecule has 6 nitrogen and oxygen atoms in total. The smallest absolute Gasteiger partial charge is 0.227 e. The molecule has 0 spiro atoms. The fraction of sp³-hybridized carbons (Fsp3) is 0.458. The highest BCUT2D eigenvalue weighted by molar-refractivity contribution is 7.94. The van der Waals surface area contributed by atoms with E-state index in [2.05, 4.69) is 11.8 Å². The van der Waals surface area contributed by atoms with E-state index in [-0.39, 0.29) is 10.8 Å². The molecular formula is C24H31N3O3S. The number of sulfonamides is 1. The Morgan fingerprint density at radius 2 is 1.71 bits per heavy atom. The molecule has 1 saturated heterocycles. The van der Waals surface area contributed by atoms with E-state index in [1.54, 1.807) is 35.2 Å². The maximum Gasteiger partial charge on any atom is 0.227 e. The van der Waals surface area contributed by atoms with Gasteiger partial charge in [-0.3, -0.25) is 4.79 Å². The van der Waals surface area contributed by atoms with Gasteiger partial charge in [0.05, 0.1) is 18.0 Å². The number of anilines is 1. The Balaban J connectivity index is 1.48. The van der Waals surface area contributed by atoms with Gasteiger partial charge in [0.25, 0.3) is 0 Å². The molecule has 2 aromatic rings. The number of carbonyl (C=O) groups excluding carboxylic acids is 1. The summed E-state index contributed by atoms with van der Waals surface area (Å²) in [5.74, 6) is 0.0822. The van der Waals surface area contributed by atoms with Crippen molar-refractivity contribution >= 4 is 27.3 Å². The van der Waals surface area contributed by atoms with Crippen LogP contribution in [-0.4, -0.2) is 34.0 Å². The van der Waals surface area contributed by atoms with E-state index in [1.807, 2.05) is 18.2 Å². The van der Waals surface area contributed by atoms with E-state index in [0.29, 0.717) is 24.7 Å². The molecular weight excluding hydrogens is 410 g/mol. The van der Waals surface area contributed by atoms with Crippen LogP contribution in [0.15, 0.2) is 53.4 Å². The van der Waals surface area contributed by atoms with Gasteiger partial charge in [0.2, 0.25) is 5.91 Å². The standard InChI is InChI=1S/C24H30N3O3S/c1-26(20-9-3-2-4-10-20)18-19-8-5-6-11-23(19)25-31(29,30)22-15-13-21(14-16-22)27-17-7-12-24(27)28/h5-6,8,11,13-16,20H,2-4,7,9-10,12,17-18H2,1H3/q-1/p+1. The van der Waals surface area contributed by atoms with Crippen molar-refractivity contribution in [2.24, 2.45) is 0 Å². The van der Waals surface area contributed by atoms with Crippen molar-refractivity contribution in [3.63, 3.8) is 0 Å². The van der Waals surface area contributed by atoms with Crippen molar-refractivity contribution in [1.82, 2.24) is 0 Å². The monoisotopic (exact) mass is 441 g/mol. The second-order valence-corrected chi connectivity index (χ2v) is 10.3. The Bertz CT molecular complexity index is 1010. The first kappa shape index (κ1) is 21.8. The van der Waals surface area contributed by atoms with Crippen molar-refractivity contribution in [3.8, 4) is 0 Å². The summed E-state index contributed by atoms with van der Waals surface area (Å²) in [4.78, 5) is 15.2. The van der Waals surface area contributed by atoms with Gasteiger partial charge in [0, 0.05) is 18.7 Å². The molecule has 31 heavy (non-hydrogen) atoms. The number of nitrogens with zero attached hydrogens (tertiary/aromatic N) is 2. The summed E-state index contributed by atoms with van der Waals surface area (Å²) in [6.45, 7) is 1.44. The second kappa shape index (κ2) is 9.40. The normalized spacial score (nSPS) is 18.9. The Labute approximate surface area is 185 Å². The molecule has 1 saturated carbocycles. The molecule has 2 aromatic carbocycles. The zero-order valence-electron chi connectivity index (χ0n) is 18.1. The number of nitrogens with one attached hydrogen (secondary N) is 1. The molecule has 4 rings (SSSR count). The summed E-state index contributed by atoms with van der Waals surface area (Å²) in [5, 5.41) is 0. The van der Waals surface area contributed by atoms with E-state index in [9.17, 15) is 13.2 Å². The van der Waals surface area contributed by atoms with Crippen LogP contribution < -0.4 is 9.80 Å². The number of carbonyl (C=O) groups is 1. The lowest BCUT2D eigenvalue weighted by molar-refractivity contribution is -0.921. The van der Waals surface area contributed by atoms with Crippen LogP contribution in [0.1, 0.15) is 50.5 Å². The highest BCUT2D eigenvalue weighted by atomic mass is 32.2. The Morgan fingerprint density at radius 3 is 2.39 bits per heavy atom. The van der Waals surface area contributed by atoms with E-state index < -0.39 is 10.0 Å². The minimum absolute atomic E-state index is 0.0822. The maximum atomic E-state index is 13.0. The fourth-order valence-corrected chi connectivity index (χ4v) is 5.71. The van der Waals surface area contributed by atoms with Gasteiger partial charge in [0.15, 0.2) is 0 Å². The van der Waals surface area contributed by atoms with Gasteiger partial charge in [-0.15, -0.1) is 5.69 Å². The molecule has 1 atom stereocenters. The maximum absolute atomic E-state index is 13.0. The number of rotatable bonds is 7.